The molecule has 1 aromatic carbocycles. The van der Waals surface area contributed by atoms with Crippen molar-refractivity contribution in [2.75, 3.05) is 11.9 Å². The summed E-state index contributed by atoms with van der Waals surface area (Å²) in [6, 6.07) is 9.75. The first-order valence-corrected chi connectivity index (χ1v) is 6.00. The maximum absolute atomic E-state index is 5.78. The van der Waals surface area contributed by atoms with E-state index in [1.165, 1.54) is 0 Å². The fraction of sp³-hybridized carbons (Fsp3) is 0.417. The van der Waals surface area contributed by atoms with Crippen LogP contribution in [0.5, 0.6) is 0 Å². The van der Waals surface area contributed by atoms with Crippen LogP contribution < -0.4 is 11.1 Å². The Kier molecular flexibility index (Phi) is 3.57. The fourth-order valence-electron chi connectivity index (χ4n) is 1.56. The quantitative estimate of drug-likeness (QED) is 0.828. The third-order valence-corrected chi connectivity index (χ3v) is 3.11. The van der Waals surface area contributed by atoms with Gasteiger partial charge in [-0.1, -0.05) is 30.2 Å². The van der Waals surface area contributed by atoms with Gasteiger partial charge in [0.2, 0.25) is 5.95 Å². The Labute approximate surface area is 106 Å². The molecule has 0 aliphatic heterocycles. The third kappa shape index (κ3) is 2.48. The van der Waals surface area contributed by atoms with E-state index in [4.69, 9.17) is 5.73 Å². The Morgan fingerprint density at radius 1 is 1.33 bits per heavy atom. The summed E-state index contributed by atoms with van der Waals surface area (Å²) in [7, 11) is 0. The van der Waals surface area contributed by atoms with Crippen LogP contribution in [-0.2, 0) is 0 Å². The van der Waals surface area contributed by atoms with Crippen LogP contribution in [0.15, 0.2) is 30.3 Å². The zero-order valence-electron chi connectivity index (χ0n) is 10.7. The second-order valence-corrected chi connectivity index (χ2v) is 4.49. The number of hydrogen-bond donors (Lipinski definition) is 2. The Hall–Kier alpha value is -1.95. The Morgan fingerprint density at radius 2 is 2.06 bits per heavy atom. The molecular formula is C12H18N6. The topological polar surface area (TPSA) is 81.7 Å². The Bertz CT molecular complexity index is 488. The molecule has 1 aromatic heterocycles. The molecule has 0 radical (unpaired) electrons. The van der Waals surface area contributed by atoms with E-state index in [0.29, 0.717) is 12.5 Å². The molecule has 1 heterocycles. The highest BCUT2D eigenvalue weighted by atomic mass is 15.6. The smallest absolute Gasteiger partial charge is 0.248 e. The highest BCUT2D eigenvalue weighted by Gasteiger charge is 2.22. The van der Waals surface area contributed by atoms with Crippen molar-refractivity contribution in [3.63, 3.8) is 0 Å². The number of nitrogens with zero attached hydrogens (tertiary/aromatic N) is 4. The summed E-state index contributed by atoms with van der Waals surface area (Å²) < 4.78 is 1.67. The lowest BCUT2D eigenvalue weighted by Crippen LogP contribution is -2.42. The minimum atomic E-state index is -0.207. The Morgan fingerprint density at radius 3 is 2.67 bits per heavy atom. The number of anilines is 1. The van der Waals surface area contributed by atoms with Crippen molar-refractivity contribution < 1.29 is 0 Å². The van der Waals surface area contributed by atoms with Crippen LogP contribution in [0.4, 0.5) is 5.95 Å². The minimum Gasteiger partial charge on any atom is -0.346 e. The minimum absolute atomic E-state index is 0.207. The number of nitrogens with one attached hydrogen (secondary N) is 1. The number of rotatable bonds is 5. The zero-order chi connectivity index (χ0) is 13.0. The molecule has 6 nitrogen and oxygen atoms in total. The molecule has 0 aliphatic carbocycles. The maximum Gasteiger partial charge on any atom is 0.248 e. The monoisotopic (exact) mass is 246 g/mol. The van der Waals surface area contributed by atoms with E-state index in [1.54, 1.807) is 4.68 Å². The van der Waals surface area contributed by atoms with E-state index in [9.17, 15) is 0 Å². The van der Waals surface area contributed by atoms with Gasteiger partial charge in [0.25, 0.3) is 0 Å². The van der Waals surface area contributed by atoms with Gasteiger partial charge in [-0.2, -0.15) is 4.68 Å². The number of para-hydroxylation sites is 1. The summed E-state index contributed by atoms with van der Waals surface area (Å²) in [5, 5.41) is 15.0. The summed E-state index contributed by atoms with van der Waals surface area (Å²) in [6.07, 6.45) is 0.894. The van der Waals surface area contributed by atoms with Crippen molar-refractivity contribution in [2.45, 2.75) is 25.8 Å². The first-order valence-electron chi connectivity index (χ1n) is 6.00. The highest BCUT2D eigenvalue weighted by Crippen LogP contribution is 2.17. The molecule has 0 aliphatic rings. The fourth-order valence-corrected chi connectivity index (χ4v) is 1.56. The lowest BCUT2D eigenvalue weighted by atomic mass is 10.00. The molecule has 2 rings (SSSR count). The van der Waals surface area contributed by atoms with E-state index >= 15 is 0 Å². The van der Waals surface area contributed by atoms with Crippen molar-refractivity contribution >= 4 is 5.95 Å². The molecule has 18 heavy (non-hydrogen) atoms. The van der Waals surface area contributed by atoms with Crippen LogP contribution in [0.3, 0.4) is 0 Å². The largest absolute Gasteiger partial charge is 0.346 e. The molecule has 0 saturated carbocycles. The van der Waals surface area contributed by atoms with E-state index < -0.39 is 0 Å². The van der Waals surface area contributed by atoms with Crippen LogP contribution in [-0.4, -0.2) is 32.3 Å². The molecule has 2 aromatic rings. The van der Waals surface area contributed by atoms with Gasteiger partial charge < -0.3 is 11.1 Å². The normalized spacial score (nSPS) is 14.2. The van der Waals surface area contributed by atoms with Crippen molar-refractivity contribution in [1.82, 2.24) is 20.2 Å². The van der Waals surface area contributed by atoms with Crippen molar-refractivity contribution in [1.29, 1.82) is 0 Å². The number of benzene rings is 1. The van der Waals surface area contributed by atoms with Crippen molar-refractivity contribution in [2.24, 2.45) is 5.73 Å². The molecule has 0 fully saturated rings. The predicted octanol–water partition coefficient (Wildman–Crippen LogP) is 1.20. The predicted molar refractivity (Wildman–Crippen MR) is 70.5 cm³/mol. The average molecular weight is 246 g/mol. The SMILES string of the molecule is CCC(C)(CN)Nc1nnnn1-c1ccccc1. The summed E-state index contributed by atoms with van der Waals surface area (Å²) in [6.45, 7) is 4.65. The van der Waals surface area contributed by atoms with Crippen molar-refractivity contribution in [3.05, 3.63) is 30.3 Å². The number of aromatic nitrogens is 4. The molecule has 0 bridgehead atoms. The molecule has 0 saturated heterocycles. The van der Waals surface area contributed by atoms with Crippen LogP contribution in [0.2, 0.25) is 0 Å². The van der Waals surface area contributed by atoms with Gasteiger partial charge in [-0.3, -0.25) is 0 Å². The third-order valence-electron chi connectivity index (χ3n) is 3.11. The van der Waals surface area contributed by atoms with Crippen LogP contribution in [0.1, 0.15) is 20.3 Å². The summed E-state index contributed by atoms with van der Waals surface area (Å²) >= 11 is 0. The number of hydrogen-bond acceptors (Lipinski definition) is 5. The van der Waals surface area contributed by atoms with E-state index in [0.717, 1.165) is 12.1 Å². The molecular weight excluding hydrogens is 228 g/mol. The molecule has 96 valence electrons. The van der Waals surface area contributed by atoms with Gasteiger partial charge in [0.15, 0.2) is 0 Å². The number of tetrazole rings is 1. The van der Waals surface area contributed by atoms with E-state index in [-0.39, 0.29) is 5.54 Å². The Balaban J connectivity index is 2.29. The second kappa shape index (κ2) is 5.14. The van der Waals surface area contributed by atoms with Gasteiger partial charge in [-0.15, -0.1) is 0 Å². The van der Waals surface area contributed by atoms with Crippen LogP contribution in [0, 0.1) is 0 Å². The highest BCUT2D eigenvalue weighted by molar-refractivity contribution is 5.39. The standard InChI is InChI=1S/C12H18N6/c1-3-12(2,9-13)14-11-15-16-17-18(11)10-7-5-4-6-8-10/h4-8H,3,9,13H2,1-2H3,(H,14,15,17). The van der Waals surface area contributed by atoms with Gasteiger partial charge in [0.1, 0.15) is 0 Å². The molecule has 6 heteroatoms. The molecule has 1 unspecified atom stereocenters. The van der Waals surface area contributed by atoms with Gasteiger partial charge >= 0.3 is 0 Å². The summed E-state index contributed by atoms with van der Waals surface area (Å²) in [5.41, 5.74) is 6.49. The van der Waals surface area contributed by atoms with E-state index in [2.05, 4.69) is 34.7 Å². The molecule has 0 amide bonds. The maximum atomic E-state index is 5.78. The average Bonchev–Trinajstić information content (AvgIpc) is 2.87. The number of nitrogens with two attached hydrogens (primary N) is 1. The molecule has 1 atom stereocenters. The zero-order valence-corrected chi connectivity index (χ0v) is 10.7. The first kappa shape index (κ1) is 12.5. The van der Waals surface area contributed by atoms with Crippen LogP contribution >= 0.6 is 0 Å². The van der Waals surface area contributed by atoms with Gasteiger partial charge in [-0.25, -0.2) is 0 Å². The lowest BCUT2D eigenvalue weighted by Gasteiger charge is -2.27. The van der Waals surface area contributed by atoms with Gasteiger partial charge in [-0.05, 0) is 35.9 Å². The lowest BCUT2D eigenvalue weighted by molar-refractivity contribution is 0.500. The van der Waals surface area contributed by atoms with Crippen LogP contribution in [0.25, 0.3) is 5.69 Å². The first-order chi connectivity index (χ1) is 8.68. The summed E-state index contributed by atoms with van der Waals surface area (Å²) in [4.78, 5) is 0. The van der Waals surface area contributed by atoms with E-state index in [1.807, 2.05) is 30.3 Å². The summed E-state index contributed by atoms with van der Waals surface area (Å²) in [5.74, 6) is 0.607. The van der Waals surface area contributed by atoms with Crippen molar-refractivity contribution in [3.8, 4) is 5.69 Å². The molecule has 0 spiro atoms. The second-order valence-electron chi connectivity index (χ2n) is 4.49. The van der Waals surface area contributed by atoms with Gasteiger partial charge in [0.05, 0.1) is 5.69 Å². The molecule has 3 N–H and O–H groups in total. The van der Waals surface area contributed by atoms with Gasteiger partial charge in [0, 0.05) is 12.1 Å².